The van der Waals surface area contributed by atoms with E-state index in [0.29, 0.717) is 25.2 Å². The van der Waals surface area contributed by atoms with Gasteiger partial charge in [-0.2, -0.15) is 9.29 Å². The first kappa shape index (κ1) is 19.1. The van der Waals surface area contributed by atoms with E-state index in [0.717, 1.165) is 30.5 Å². The Kier molecular flexibility index (Phi) is 4.96. The van der Waals surface area contributed by atoms with E-state index in [4.69, 9.17) is 4.52 Å². The second-order valence-corrected chi connectivity index (χ2v) is 9.39. The van der Waals surface area contributed by atoms with Crippen LogP contribution in [0.15, 0.2) is 34.0 Å². The van der Waals surface area contributed by atoms with Gasteiger partial charge < -0.3 is 9.42 Å². The third-order valence-corrected chi connectivity index (χ3v) is 7.50. The van der Waals surface area contributed by atoms with Crippen molar-refractivity contribution in [3.05, 3.63) is 36.0 Å². The zero-order valence-corrected chi connectivity index (χ0v) is 16.9. The number of carbonyl (C=O) groups is 1. The quantitative estimate of drug-likeness (QED) is 0.780. The normalized spacial score (nSPS) is 23.4. The SMILES string of the molecule is CC(=O)N1c2ccc(S(=O)(=O)N3CCCCCC3c3ncon3)cc2CC1C. The van der Waals surface area contributed by atoms with Gasteiger partial charge in [0.1, 0.15) is 0 Å². The Labute approximate surface area is 164 Å². The molecule has 2 unspecified atom stereocenters. The third-order valence-electron chi connectivity index (χ3n) is 5.59. The molecule has 0 N–H and O–H groups in total. The molecule has 0 saturated carbocycles. The lowest BCUT2D eigenvalue weighted by atomic mass is 10.1. The minimum absolute atomic E-state index is 0.0238. The van der Waals surface area contributed by atoms with Crippen molar-refractivity contribution >= 4 is 21.6 Å². The van der Waals surface area contributed by atoms with Gasteiger partial charge >= 0.3 is 0 Å². The van der Waals surface area contributed by atoms with Crippen LogP contribution in [0.4, 0.5) is 5.69 Å². The minimum atomic E-state index is -3.73. The third kappa shape index (κ3) is 3.22. The van der Waals surface area contributed by atoms with Crippen molar-refractivity contribution in [3.8, 4) is 0 Å². The second kappa shape index (κ2) is 7.29. The number of nitrogens with zero attached hydrogens (tertiary/aromatic N) is 4. The fraction of sp³-hybridized carbons (Fsp3) is 0.526. The van der Waals surface area contributed by atoms with Crippen LogP contribution >= 0.6 is 0 Å². The van der Waals surface area contributed by atoms with Gasteiger partial charge in [0.25, 0.3) is 0 Å². The van der Waals surface area contributed by atoms with Crippen LogP contribution in [0.1, 0.15) is 57.0 Å². The first-order valence-electron chi connectivity index (χ1n) is 9.60. The predicted octanol–water partition coefficient (Wildman–Crippen LogP) is 2.67. The first-order chi connectivity index (χ1) is 13.4. The van der Waals surface area contributed by atoms with Crippen LogP contribution in [-0.2, 0) is 21.2 Å². The Bertz CT molecular complexity index is 974. The molecule has 2 aromatic rings. The van der Waals surface area contributed by atoms with Crippen molar-refractivity contribution in [2.24, 2.45) is 0 Å². The summed E-state index contributed by atoms with van der Waals surface area (Å²) in [6, 6.07) is 4.65. The Balaban J connectivity index is 1.72. The predicted molar refractivity (Wildman–Crippen MR) is 102 cm³/mol. The summed E-state index contributed by atoms with van der Waals surface area (Å²) in [6.07, 6.45) is 5.23. The lowest BCUT2D eigenvalue weighted by molar-refractivity contribution is -0.116. The number of hydrogen-bond acceptors (Lipinski definition) is 6. The molecule has 0 bridgehead atoms. The highest BCUT2D eigenvalue weighted by atomic mass is 32.2. The van der Waals surface area contributed by atoms with Crippen molar-refractivity contribution in [1.82, 2.24) is 14.4 Å². The Morgan fingerprint density at radius 3 is 2.79 bits per heavy atom. The molecule has 0 radical (unpaired) electrons. The average Bonchev–Trinajstić information content (AvgIpc) is 3.21. The minimum Gasteiger partial charge on any atom is -0.343 e. The highest BCUT2D eigenvalue weighted by Crippen LogP contribution is 2.37. The van der Waals surface area contributed by atoms with E-state index in [1.54, 1.807) is 23.1 Å². The summed E-state index contributed by atoms with van der Waals surface area (Å²) in [5, 5.41) is 3.90. The molecule has 1 amide bonds. The molecule has 1 fully saturated rings. The number of rotatable bonds is 3. The van der Waals surface area contributed by atoms with Gasteiger partial charge in [-0.05, 0) is 49.9 Å². The van der Waals surface area contributed by atoms with Gasteiger partial charge in [0.2, 0.25) is 22.3 Å². The van der Waals surface area contributed by atoms with Gasteiger partial charge in [-0.1, -0.05) is 18.0 Å². The summed E-state index contributed by atoms with van der Waals surface area (Å²) in [5.74, 6) is 0.370. The standard InChI is InChI=1S/C19H24N4O4S/c1-13-10-15-11-16(7-8-17(15)23(13)14(2)24)28(25,26)22-9-5-3-4-6-18(22)19-20-12-27-21-19/h7-8,11-13,18H,3-6,9-10H2,1-2H3. The van der Waals surface area contributed by atoms with E-state index < -0.39 is 16.1 Å². The van der Waals surface area contributed by atoms with Gasteiger partial charge in [-0.25, -0.2) is 8.42 Å². The number of aromatic nitrogens is 2. The molecule has 8 nitrogen and oxygen atoms in total. The highest BCUT2D eigenvalue weighted by Gasteiger charge is 2.37. The van der Waals surface area contributed by atoms with Crippen LogP contribution in [0.25, 0.3) is 0 Å². The van der Waals surface area contributed by atoms with Crippen LogP contribution in [0, 0.1) is 0 Å². The van der Waals surface area contributed by atoms with E-state index in [1.807, 2.05) is 6.92 Å². The zero-order valence-electron chi connectivity index (χ0n) is 16.0. The number of anilines is 1. The number of carbonyl (C=O) groups excluding carboxylic acids is 1. The maximum Gasteiger partial charge on any atom is 0.243 e. The van der Waals surface area contributed by atoms with E-state index in [2.05, 4.69) is 10.1 Å². The largest absolute Gasteiger partial charge is 0.343 e. The number of amides is 1. The molecule has 1 aromatic heterocycles. The molecular formula is C19H24N4O4S. The van der Waals surface area contributed by atoms with Crippen LogP contribution in [0.2, 0.25) is 0 Å². The van der Waals surface area contributed by atoms with Crippen LogP contribution in [0.3, 0.4) is 0 Å². The van der Waals surface area contributed by atoms with Crippen LogP contribution in [0.5, 0.6) is 0 Å². The van der Waals surface area contributed by atoms with E-state index in [1.165, 1.54) is 17.6 Å². The maximum atomic E-state index is 13.5. The molecule has 4 rings (SSSR count). The maximum absolute atomic E-state index is 13.5. The number of benzene rings is 1. The molecule has 1 saturated heterocycles. The Hall–Kier alpha value is -2.26. The molecule has 9 heteroatoms. The van der Waals surface area contributed by atoms with Gasteiger partial charge in [0.15, 0.2) is 5.82 Å². The topological polar surface area (TPSA) is 96.6 Å². The fourth-order valence-corrected chi connectivity index (χ4v) is 6.04. The average molecular weight is 404 g/mol. The summed E-state index contributed by atoms with van der Waals surface area (Å²) >= 11 is 0. The Morgan fingerprint density at radius 2 is 2.07 bits per heavy atom. The van der Waals surface area contributed by atoms with Crippen LogP contribution < -0.4 is 4.90 Å². The second-order valence-electron chi connectivity index (χ2n) is 7.50. The molecule has 3 heterocycles. The lowest BCUT2D eigenvalue weighted by Gasteiger charge is -2.27. The van der Waals surface area contributed by atoms with Gasteiger partial charge in [0.05, 0.1) is 10.9 Å². The first-order valence-corrected chi connectivity index (χ1v) is 11.0. The summed E-state index contributed by atoms with van der Waals surface area (Å²) in [5.41, 5.74) is 1.68. The molecule has 2 atom stereocenters. The number of hydrogen-bond donors (Lipinski definition) is 0. The highest BCUT2D eigenvalue weighted by molar-refractivity contribution is 7.89. The summed E-state index contributed by atoms with van der Waals surface area (Å²) in [6.45, 7) is 3.92. The van der Waals surface area contributed by atoms with Crippen molar-refractivity contribution in [1.29, 1.82) is 0 Å². The molecule has 2 aliphatic heterocycles. The van der Waals surface area contributed by atoms with Crippen molar-refractivity contribution in [2.75, 3.05) is 11.4 Å². The summed E-state index contributed by atoms with van der Waals surface area (Å²) in [7, 11) is -3.73. The number of sulfonamides is 1. The van der Waals surface area contributed by atoms with Gasteiger partial charge in [-0.3, -0.25) is 4.79 Å². The summed E-state index contributed by atoms with van der Waals surface area (Å²) < 4.78 is 33.4. The van der Waals surface area contributed by atoms with Crippen molar-refractivity contribution in [2.45, 2.75) is 62.9 Å². The van der Waals surface area contributed by atoms with E-state index in [9.17, 15) is 13.2 Å². The van der Waals surface area contributed by atoms with Gasteiger partial charge in [0, 0.05) is 25.2 Å². The molecule has 150 valence electrons. The molecule has 0 spiro atoms. The fourth-order valence-electron chi connectivity index (χ4n) is 4.34. The molecule has 0 aliphatic carbocycles. The molecule has 1 aromatic carbocycles. The molecule has 28 heavy (non-hydrogen) atoms. The Morgan fingerprint density at radius 1 is 1.25 bits per heavy atom. The molecule has 2 aliphatic rings. The monoisotopic (exact) mass is 404 g/mol. The molecular weight excluding hydrogens is 380 g/mol. The van der Waals surface area contributed by atoms with Crippen molar-refractivity contribution in [3.63, 3.8) is 0 Å². The number of fused-ring (bicyclic) bond motifs is 1. The zero-order chi connectivity index (χ0) is 19.9. The lowest BCUT2D eigenvalue weighted by Crippen LogP contribution is -2.35. The van der Waals surface area contributed by atoms with E-state index >= 15 is 0 Å². The van der Waals surface area contributed by atoms with Crippen LogP contribution in [-0.4, -0.2) is 41.4 Å². The smallest absolute Gasteiger partial charge is 0.243 e. The van der Waals surface area contributed by atoms with Gasteiger partial charge in [-0.15, -0.1) is 0 Å². The summed E-state index contributed by atoms with van der Waals surface area (Å²) in [4.78, 5) is 18.0. The van der Waals surface area contributed by atoms with E-state index in [-0.39, 0.29) is 16.8 Å². The van der Waals surface area contributed by atoms with Crippen molar-refractivity contribution < 1.29 is 17.7 Å².